The van der Waals surface area contributed by atoms with Gasteiger partial charge >= 0.3 is 0 Å². The molecule has 0 atom stereocenters. The minimum atomic E-state index is -2.86. The Hall–Kier alpha value is -0.880. The zero-order valence-electron chi connectivity index (χ0n) is 10.1. The minimum Gasteiger partial charge on any atom is -0.330 e. The molecule has 0 aliphatic heterocycles. The van der Waals surface area contributed by atoms with E-state index in [1.165, 1.54) is 12.8 Å². The summed E-state index contributed by atoms with van der Waals surface area (Å²) in [6, 6.07) is 0.619. The summed E-state index contributed by atoms with van der Waals surface area (Å²) < 4.78 is 24.8. The minimum absolute atomic E-state index is 0.209. The van der Waals surface area contributed by atoms with Crippen LogP contribution < -0.4 is 5.32 Å². The Morgan fingerprint density at radius 1 is 1.53 bits per heavy atom. The first-order valence-corrected chi connectivity index (χ1v) is 7.86. The molecular weight excluding hydrogens is 238 g/mol. The van der Waals surface area contributed by atoms with Crippen molar-refractivity contribution in [2.75, 3.05) is 18.1 Å². The number of sulfone groups is 1. The molecule has 1 aromatic rings. The molecule has 1 heterocycles. The van der Waals surface area contributed by atoms with Gasteiger partial charge in [-0.05, 0) is 12.8 Å². The van der Waals surface area contributed by atoms with Crippen LogP contribution >= 0.6 is 0 Å². The highest BCUT2D eigenvalue weighted by molar-refractivity contribution is 7.91. The predicted molar refractivity (Wildman–Crippen MR) is 66.5 cm³/mol. The van der Waals surface area contributed by atoms with Gasteiger partial charge < -0.3 is 9.88 Å². The number of hydrogen-bond donors (Lipinski definition) is 1. The SMILES string of the molecule is CCS(=O)(=O)CCNCc1cncn1C1CC1. The van der Waals surface area contributed by atoms with E-state index in [2.05, 4.69) is 14.9 Å². The first kappa shape index (κ1) is 12.6. The van der Waals surface area contributed by atoms with Gasteiger partial charge in [-0.2, -0.15) is 0 Å². The van der Waals surface area contributed by atoms with Gasteiger partial charge in [0.15, 0.2) is 9.84 Å². The Bertz CT molecular complexity index is 463. The van der Waals surface area contributed by atoms with Crippen LogP contribution in [-0.2, 0) is 16.4 Å². The second-order valence-corrected chi connectivity index (χ2v) is 6.91. The zero-order chi connectivity index (χ0) is 12.3. The molecule has 0 amide bonds. The largest absolute Gasteiger partial charge is 0.330 e. The van der Waals surface area contributed by atoms with Gasteiger partial charge in [0.1, 0.15) is 0 Å². The van der Waals surface area contributed by atoms with Crippen LogP contribution in [0.2, 0.25) is 0 Å². The van der Waals surface area contributed by atoms with Crippen LogP contribution in [0.3, 0.4) is 0 Å². The van der Waals surface area contributed by atoms with Gasteiger partial charge in [0.25, 0.3) is 0 Å². The number of imidazole rings is 1. The van der Waals surface area contributed by atoms with Crippen molar-refractivity contribution in [1.82, 2.24) is 14.9 Å². The lowest BCUT2D eigenvalue weighted by Crippen LogP contribution is -2.24. The summed E-state index contributed by atoms with van der Waals surface area (Å²) in [6.45, 7) is 2.87. The number of hydrogen-bond acceptors (Lipinski definition) is 4. The molecule has 96 valence electrons. The maximum atomic E-state index is 11.3. The molecule has 5 nitrogen and oxygen atoms in total. The summed E-state index contributed by atoms with van der Waals surface area (Å²) >= 11 is 0. The van der Waals surface area contributed by atoms with E-state index in [4.69, 9.17) is 0 Å². The van der Waals surface area contributed by atoms with Gasteiger partial charge in [0, 0.05) is 31.1 Å². The number of nitrogens with one attached hydrogen (secondary N) is 1. The van der Waals surface area contributed by atoms with Crippen molar-refractivity contribution in [3.05, 3.63) is 18.2 Å². The molecule has 6 heteroatoms. The van der Waals surface area contributed by atoms with Crippen LogP contribution in [0.25, 0.3) is 0 Å². The first-order chi connectivity index (χ1) is 8.12. The molecule has 1 N–H and O–H groups in total. The maximum Gasteiger partial charge on any atom is 0.151 e. The fourth-order valence-corrected chi connectivity index (χ4v) is 2.48. The summed E-state index contributed by atoms with van der Waals surface area (Å²) in [4.78, 5) is 4.13. The molecule has 1 fully saturated rings. The van der Waals surface area contributed by atoms with Crippen LogP contribution in [0, 0.1) is 0 Å². The lowest BCUT2D eigenvalue weighted by atomic mass is 10.4. The fourth-order valence-electron chi connectivity index (χ4n) is 1.74. The van der Waals surface area contributed by atoms with Crippen molar-refractivity contribution < 1.29 is 8.42 Å². The van der Waals surface area contributed by atoms with Crippen LogP contribution in [0.1, 0.15) is 31.5 Å². The standard InChI is InChI=1S/C11H19N3O2S/c1-2-17(15,16)6-5-12-7-11-8-13-9-14(11)10-3-4-10/h8-10,12H,2-7H2,1H3. The van der Waals surface area contributed by atoms with Crippen LogP contribution in [-0.4, -0.2) is 36.0 Å². The summed E-state index contributed by atoms with van der Waals surface area (Å²) in [7, 11) is -2.86. The van der Waals surface area contributed by atoms with E-state index in [-0.39, 0.29) is 11.5 Å². The van der Waals surface area contributed by atoms with Gasteiger partial charge in [-0.1, -0.05) is 6.92 Å². The Morgan fingerprint density at radius 2 is 2.29 bits per heavy atom. The molecule has 0 bridgehead atoms. The molecule has 0 unspecified atom stereocenters. The van der Waals surface area contributed by atoms with E-state index in [1.54, 1.807) is 6.92 Å². The topological polar surface area (TPSA) is 64.0 Å². The molecule has 1 saturated carbocycles. The first-order valence-electron chi connectivity index (χ1n) is 6.04. The van der Waals surface area contributed by atoms with E-state index in [0.29, 0.717) is 19.1 Å². The van der Waals surface area contributed by atoms with Gasteiger partial charge in [0.2, 0.25) is 0 Å². The predicted octanol–water partition coefficient (Wildman–Crippen LogP) is 0.742. The summed E-state index contributed by atoms with van der Waals surface area (Å²) in [6.07, 6.45) is 6.16. The lowest BCUT2D eigenvalue weighted by molar-refractivity contribution is 0.588. The van der Waals surface area contributed by atoms with Gasteiger partial charge in [-0.3, -0.25) is 0 Å². The second kappa shape index (κ2) is 5.18. The van der Waals surface area contributed by atoms with Crippen LogP contribution in [0.5, 0.6) is 0 Å². The Kier molecular flexibility index (Phi) is 3.83. The van der Waals surface area contributed by atoms with E-state index < -0.39 is 9.84 Å². The fraction of sp³-hybridized carbons (Fsp3) is 0.727. The molecule has 1 aromatic heterocycles. The third kappa shape index (κ3) is 3.54. The molecule has 0 radical (unpaired) electrons. The Morgan fingerprint density at radius 3 is 2.94 bits per heavy atom. The van der Waals surface area contributed by atoms with Crippen molar-refractivity contribution in [2.24, 2.45) is 0 Å². The highest BCUT2D eigenvalue weighted by atomic mass is 32.2. The molecule has 1 aliphatic rings. The van der Waals surface area contributed by atoms with Crippen LogP contribution in [0.4, 0.5) is 0 Å². The van der Waals surface area contributed by atoms with Gasteiger partial charge in [-0.15, -0.1) is 0 Å². The smallest absolute Gasteiger partial charge is 0.151 e. The highest BCUT2D eigenvalue weighted by Gasteiger charge is 2.24. The zero-order valence-corrected chi connectivity index (χ0v) is 10.9. The third-order valence-electron chi connectivity index (χ3n) is 3.02. The van der Waals surface area contributed by atoms with Crippen molar-refractivity contribution >= 4 is 9.84 Å². The van der Waals surface area contributed by atoms with Crippen molar-refractivity contribution in [3.63, 3.8) is 0 Å². The van der Waals surface area contributed by atoms with Gasteiger partial charge in [0.05, 0.1) is 17.8 Å². The molecule has 0 saturated heterocycles. The normalized spacial score (nSPS) is 16.3. The molecule has 0 spiro atoms. The third-order valence-corrected chi connectivity index (χ3v) is 4.73. The van der Waals surface area contributed by atoms with Crippen molar-refractivity contribution in [1.29, 1.82) is 0 Å². The van der Waals surface area contributed by atoms with Crippen LogP contribution in [0.15, 0.2) is 12.5 Å². The monoisotopic (exact) mass is 257 g/mol. The average Bonchev–Trinajstić information content (AvgIpc) is 3.05. The lowest BCUT2D eigenvalue weighted by Gasteiger charge is -2.07. The number of rotatable bonds is 7. The second-order valence-electron chi connectivity index (χ2n) is 4.44. The molecular formula is C11H19N3O2S. The van der Waals surface area contributed by atoms with E-state index in [0.717, 1.165) is 5.69 Å². The summed E-state index contributed by atoms with van der Waals surface area (Å²) in [5, 5.41) is 3.16. The van der Waals surface area contributed by atoms with E-state index in [9.17, 15) is 8.42 Å². The quantitative estimate of drug-likeness (QED) is 0.732. The molecule has 17 heavy (non-hydrogen) atoms. The van der Waals surface area contributed by atoms with Gasteiger partial charge in [-0.25, -0.2) is 13.4 Å². The highest BCUT2D eigenvalue weighted by Crippen LogP contribution is 2.35. The number of nitrogens with zero attached hydrogens (tertiary/aromatic N) is 2. The maximum absolute atomic E-state index is 11.3. The van der Waals surface area contributed by atoms with Crippen molar-refractivity contribution in [2.45, 2.75) is 32.4 Å². The Labute approximate surface area is 102 Å². The van der Waals surface area contributed by atoms with E-state index >= 15 is 0 Å². The van der Waals surface area contributed by atoms with E-state index in [1.807, 2.05) is 12.5 Å². The molecule has 0 aromatic carbocycles. The summed E-state index contributed by atoms with van der Waals surface area (Å²) in [5.41, 5.74) is 1.14. The number of aromatic nitrogens is 2. The summed E-state index contributed by atoms with van der Waals surface area (Å²) in [5.74, 6) is 0.426. The molecule has 1 aliphatic carbocycles. The van der Waals surface area contributed by atoms with Crippen molar-refractivity contribution in [3.8, 4) is 0 Å². The average molecular weight is 257 g/mol. The Balaban J connectivity index is 1.76. The molecule has 2 rings (SSSR count).